The molecule has 2 aliphatic heterocycles. The minimum Gasteiger partial charge on any atom is -0.493 e. The van der Waals surface area contributed by atoms with Gasteiger partial charge in [-0.05, 0) is 35.6 Å². The highest BCUT2D eigenvalue weighted by atomic mass is 19.4. The highest BCUT2D eigenvalue weighted by Crippen LogP contribution is 2.36. The number of halogens is 6. The van der Waals surface area contributed by atoms with Crippen LogP contribution in [0.2, 0.25) is 0 Å². The molecule has 4 aromatic rings. The van der Waals surface area contributed by atoms with E-state index in [0.717, 1.165) is 22.7 Å². The van der Waals surface area contributed by atoms with Gasteiger partial charge in [0.05, 0.1) is 24.4 Å². The highest BCUT2D eigenvalue weighted by molar-refractivity contribution is 6.51. The molecular formula is C26H19BF6N5O2. The zero-order valence-corrected chi connectivity index (χ0v) is 20.9. The largest absolute Gasteiger partial charge is 0.493 e. The van der Waals surface area contributed by atoms with Gasteiger partial charge in [-0.3, -0.25) is 19.2 Å². The summed E-state index contributed by atoms with van der Waals surface area (Å²) in [4.78, 5) is 26.4. The predicted molar refractivity (Wildman–Crippen MR) is 131 cm³/mol. The van der Waals surface area contributed by atoms with Crippen LogP contribution in [0.25, 0.3) is 16.6 Å². The average Bonchev–Trinajstić information content (AvgIpc) is 3.53. The molecule has 2 aliphatic rings. The molecule has 40 heavy (non-hydrogen) atoms. The number of pyridine rings is 1. The number of ether oxygens (including phenoxy) is 1. The molecule has 0 saturated carbocycles. The third-order valence-electron chi connectivity index (χ3n) is 6.91. The molecule has 7 nitrogen and oxygen atoms in total. The van der Waals surface area contributed by atoms with E-state index < -0.39 is 42.6 Å². The summed E-state index contributed by atoms with van der Waals surface area (Å²) in [6, 6.07) is 3.64. The van der Waals surface area contributed by atoms with Crippen molar-refractivity contribution in [2.75, 3.05) is 13.2 Å². The fraction of sp³-hybridized carbons (Fsp3) is 0.308. The summed E-state index contributed by atoms with van der Waals surface area (Å²) in [6.45, 7) is -0.498. The number of aromatic nitrogens is 4. The molecule has 205 valence electrons. The van der Waals surface area contributed by atoms with Crippen LogP contribution in [0.15, 0.2) is 36.9 Å². The lowest BCUT2D eigenvalue weighted by Gasteiger charge is -2.28. The van der Waals surface area contributed by atoms with E-state index in [1.54, 1.807) is 13.3 Å². The molecule has 1 radical (unpaired) electrons. The molecule has 1 amide bonds. The lowest BCUT2D eigenvalue weighted by atomic mass is 9.69. The van der Waals surface area contributed by atoms with Crippen molar-refractivity contribution >= 4 is 24.4 Å². The zero-order valence-electron chi connectivity index (χ0n) is 20.9. The van der Waals surface area contributed by atoms with Crippen LogP contribution >= 0.6 is 0 Å². The van der Waals surface area contributed by atoms with Gasteiger partial charge in [-0.2, -0.15) is 13.2 Å². The number of benzene rings is 1. The third kappa shape index (κ3) is 4.54. The summed E-state index contributed by atoms with van der Waals surface area (Å²) in [6.07, 6.45) is -0.466. The number of carbonyl (C=O) groups is 1. The van der Waals surface area contributed by atoms with Crippen molar-refractivity contribution < 1.29 is 35.9 Å². The lowest BCUT2D eigenvalue weighted by molar-refractivity contribution is -0.141. The highest BCUT2D eigenvalue weighted by Gasteiger charge is 2.37. The van der Waals surface area contributed by atoms with Crippen LogP contribution in [0, 0.1) is 5.82 Å². The molecule has 1 aromatic carbocycles. The van der Waals surface area contributed by atoms with E-state index in [4.69, 9.17) is 4.74 Å². The molecule has 5 heterocycles. The molecular weight excluding hydrogens is 539 g/mol. The molecule has 0 saturated heterocycles. The summed E-state index contributed by atoms with van der Waals surface area (Å²) in [7, 11) is 1.62. The molecule has 0 unspecified atom stereocenters. The molecule has 0 fully saturated rings. The van der Waals surface area contributed by atoms with Crippen molar-refractivity contribution in [3.63, 3.8) is 0 Å². The Hall–Kier alpha value is -4.10. The molecule has 0 bridgehead atoms. The Bertz CT molecular complexity index is 1670. The van der Waals surface area contributed by atoms with E-state index in [0.29, 0.717) is 31.3 Å². The van der Waals surface area contributed by atoms with Crippen LogP contribution in [-0.2, 0) is 25.5 Å². The summed E-state index contributed by atoms with van der Waals surface area (Å²) >= 11 is 0. The van der Waals surface area contributed by atoms with Crippen LogP contribution < -0.4 is 10.5 Å². The van der Waals surface area contributed by atoms with Crippen LogP contribution in [0.3, 0.4) is 0 Å². The van der Waals surface area contributed by atoms with Crippen molar-refractivity contribution in [2.24, 2.45) is 0 Å². The number of nitrogens with zero attached hydrogens (tertiary/aromatic N) is 5. The smallest absolute Gasteiger partial charge is 0.433 e. The maximum Gasteiger partial charge on any atom is 0.433 e. The summed E-state index contributed by atoms with van der Waals surface area (Å²) in [5, 5.41) is 0. The Morgan fingerprint density at radius 3 is 2.60 bits per heavy atom. The number of amides is 1. The van der Waals surface area contributed by atoms with Crippen LogP contribution in [0.4, 0.5) is 26.3 Å². The van der Waals surface area contributed by atoms with Gasteiger partial charge < -0.3 is 9.64 Å². The van der Waals surface area contributed by atoms with Gasteiger partial charge >= 0.3 is 6.18 Å². The maximum atomic E-state index is 14.7. The van der Waals surface area contributed by atoms with E-state index in [9.17, 15) is 31.1 Å². The molecule has 0 atom stereocenters. The Kier molecular flexibility index (Phi) is 6.04. The number of carbonyl (C=O) groups excluding carboxylic acids is 1. The van der Waals surface area contributed by atoms with Gasteiger partial charge in [0.25, 0.3) is 11.8 Å². The molecule has 0 aliphatic carbocycles. The second kappa shape index (κ2) is 9.24. The van der Waals surface area contributed by atoms with E-state index >= 15 is 0 Å². The topological polar surface area (TPSA) is 72.6 Å². The monoisotopic (exact) mass is 558 g/mol. The molecule has 0 spiro atoms. The van der Waals surface area contributed by atoms with Gasteiger partial charge in [-0.1, -0.05) is 0 Å². The fourth-order valence-electron chi connectivity index (χ4n) is 5.18. The predicted octanol–water partition coefficient (Wildman–Crippen LogP) is 4.02. The Balaban J connectivity index is 1.48. The minimum absolute atomic E-state index is 0.0193. The Labute approximate surface area is 224 Å². The molecule has 0 N–H and O–H groups in total. The van der Waals surface area contributed by atoms with Crippen molar-refractivity contribution in [1.29, 1.82) is 0 Å². The van der Waals surface area contributed by atoms with Gasteiger partial charge in [0.2, 0.25) is 7.28 Å². The second-order valence-corrected chi connectivity index (χ2v) is 9.81. The number of hydrogen-bond donors (Lipinski definition) is 0. The maximum absolute atomic E-state index is 14.7. The number of imidazole rings is 1. The number of fused-ring (bicyclic) bond motifs is 3. The van der Waals surface area contributed by atoms with Crippen LogP contribution in [0.1, 0.15) is 39.8 Å². The quantitative estimate of drug-likeness (QED) is 0.274. The second-order valence-electron chi connectivity index (χ2n) is 9.81. The average molecular weight is 558 g/mol. The van der Waals surface area contributed by atoms with E-state index in [-0.39, 0.29) is 39.9 Å². The Morgan fingerprint density at radius 1 is 1.07 bits per heavy atom. The van der Waals surface area contributed by atoms with Gasteiger partial charge in [0, 0.05) is 49.0 Å². The number of hydrogen-bond acceptors (Lipinski definition) is 5. The van der Waals surface area contributed by atoms with E-state index in [1.165, 1.54) is 23.0 Å². The molecule has 3 aromatic heterocycles. The van der Waals surface area contributed by atoms with Crippen molar-refractivity contribution in [2.45, 2.75) is 38.3 Å². The third-order valence-corrected chi connectivity index (χ3v) is 6.91. The van der Waals surface area contributed by atoms with Gasteiger partial charge in [-0.15, -0.1) is 0 Å². The zero-order chi connectivity index (χ0) is 28.4. The lowest BCUT2D eigenvalue weighted by Crippen LogP contribution is -2.40. The number of rotatable bonds is 5. The van der Waals surface area contributed by atoms with Crippen molar-refractivity contribution in [3.8, 4) is 16.9 Å². The van der Waals surface area contributed by atoms with Gasteiger partial charge in [0.15, 0.2) is 5.69 Å². The van der Waals surface area contributed by atoms with Gasteiger partial charge in [-0.25, -0.2) is 18.2 Å². The normalized spacial score (nSPS) is 15.0. The standard InChI is InChI=1S/C26H19BF6N5O2/c1-25(29,30)11-37-10-13-6-20(26(31,32)33)34-8-16(13)17-9-35-24(38-12-36-21(22(17)38)23(37)39)27-7-15-14-4-5-40-19(14)3-2-18(15)28/h2-3,6,8-9,12H,4-5,7,10-11H2,1H3. The summed E-state index contributed by atoms with van der Waals surface area (Å²) in [5.41, 5.74) is 0.671. The Morgan fingerprint density at radius 2 is 1.85 bits per heavy atom. The van der Waals surface area contributed by atoms with E-state index in [2.05, 4.69) is 15.0 Å². The fourth-order valence-corrected chi connectivity index (χ4v) is 5.18. The van der Waals surface area contributed by atoms with Crippen molar-refractivity contribution in [3.05, 3.63) is 70.8 Å². The first kappa shape index (κ1) is 26.1. The van der Waals surface area contributed by atoms with Crippen LogP contribution in [0.5, 0.6) is 5.75 Å². The summed E-state index contributed by atoms with van der Waals surface area (Å²) in [5.74, 6) is -4.01. The van der Waals surface area contributed by atoms with E-state index in [1.807, 2.05) is 0 Å². The molecule has 6 rings (SSSR count). The first-order chi connectivity index (χ1) is 18.9. The van der Waals surface area contributed by atoms with Gasteiger partial charge in [0.1, 0.15) is 23.6 Å². The first-order valence-electron chi connectivity index (χ1n) is 12.3. The molecule has 14 heteroatoms. The SMILES string of the molecule is CC(F)(F)CN1Cc2cc(C(F)(F)F)ncc2-c2cnc([B]Cc3c(F)ccc4c3CCO4)n3cnc(c23)C1=O. The number of alkyl halides is 5. The first-order valence-corrected chi connectivity index (χ1v) is 12.3. The van der Waals surface area contributed by atoms with Crippen LogP contribution in [-0.4, -0.2) is 56.5 Å². The minimum atomic E-state index is -4.78. The van der Waals surface area contributed by atoms with Crippen molar-refractivity contribution in [1.82, 2.24) is 24.3 Å². The summed E-state index contributed by atoms with van der Waals surface area (Å²) < 4.78 is 90.2.